The van der Waals surface area contributed by atoms with Crippen LogP contribution in [0.3, 0.4) is 0 Å². The molecule has 0 bridgehead atoms. The second-order valence-corrected chi connectivity index (χ2v) is 19.5. The van der Waals surface area contributed by atoms with Crippen molar-refractivity contribution in [3.63, 3.8) is 0 Å². The Morgan fingerprint density at radius 2 is 1.16 bits per heavy atom. The Labute approximate surface area is 371 Å². The van der Waals surface area contributed by atoms with Crippen molar-refractivity contribution in [1.82, 2.24) is 0 Å². The van der Waals surface area contributed by atoms with Gasteiger partial charge >= 0.3 is 6.71 Å². The van der Waals surface area contributed by atoms with E-state index in [-0.39, 0.29) is 115 Å². The van der Waals surface area contributed by atoms with Gasteiger partial charge in [0.05, 0.1) is 37.4 Å². The van der Waals surface area contributed by atoms with Crippen molar-refractivity contribution in [2.75, 3.05) is 9.80 Å². The molecule has 2 aliphatic rings. The van der Waals surface area contributed by atoms with E-state index < -0.39 is 113 Å². The fraction of sp³-hybridized carbons (Fsp3) is 0.308. The molecule has 0 spiro atoms. The van der Waals surface area contributed by atoms with Gasteiger partial charge in [-0.25, -0.2) is 0 Å². The molecule has 0 unspecified atom stereocenters. The van der Waals surface area contributed by atoms with Crippen LogP contribution >= 0.6 is 11.3 Å². The number of para-hydroxylation sites is 1. The molecule has 5 aromatic carbocycles. The van der Waals surface area contributed by atoms with Crippen molar-refractivity contribution in [3.05, 3.63) is 148 Å². The number of benzene rings is 5. The molecule has 0 N–H and O–H groups in total. The topological polar surface area (TPSA) is 19.6 Å². The lowest BCUT2D eigenvalue weighted by Crippen LogP contribution is -2.60. The summed E-state index contributed by atoms with van der Waals surface area (Å²) in [5.74, 6) is 0. The SMILES string of the molecule is [2H]c1c([2H])c([2H])c(C(C)(C)c2c([2H])c([2H])c(N3c4c([2H])c(C)c([2H])c5c4B(c4oc6c(C(C)(C)C)c([2H])c([2H])c([2H])c6c43)c3sc(C(C)(C)C)c([2H])c3N5c3c([2H])c([2H])c(C(C)(C)C)c([2H])c3[2H])c([2H])c2[2H])c([2H])c1[2H]. The van der Waals surface area contributed by atoms with Gasteiger partial charge in [-0.3, -0.25) is 0 Å². The van der Waals surface area contributed by atoms with Gasteiger partial charge in [0, 0.05) is 48.8 Å². The van der Waals surface area contributed by atoms with Gasteiger partial charge in [0.25, 0.3) is 0 Å². The maximum absolute atomic E-state index is 10.1. The van der Waals surface area contributed by atoms with Crippen molar-refractivity contribution in [3.8, 4) is 0 Å². The van der Waals surface area contributed by atoms with E-state index in [1.54, 1.807) is 41.5 Å². The average Bonchev–Trinajstić information content (AvgIpc) is 3.88. The number of furan rings is 1. The third-order valence-electron chi connectivity index (χ3n) is 10.6. The van der Waals surface area contributed by atoms with Crippen molar-refractivity contribution in [2.45, 2.75) is 105 Å². The van der Waals surface area contributed by atoms with Crippen LogP contribution < -0.4 is 25.7 Å². The minimum absolute atomic E-state index is 0.0214. The molecule has 7 aromatic rings. The Kier molecular flexibility index (Phi) is 4.85. The highest BCUT2D eigenvalue weighted by Gasteiger charge is 2.48. The Morgan fingerprint density at radius 3 is 1.75 bits per heavy atom. The van der Waals surface area contributed by atoms with E-state index in [1.165, 1.54) is 41.9 Å². The summed E-state index contributed by atoms with van der Waals surface area (Å²) in [6, 6.07) is -9.76. The molecule has 0 saturated heterocycles. The summed E-state index contributed by atoms with van der Waals surface area (Å²) in [6.45, 7) is 19.5. The van der Waals surface area contributed by atoms with Crippen LogP contribution in [0.25, 0.3) is 11.0 Å². The Balaban J connectivity index is 1.53. The normalized spacial score (nSPS) is 18.9. The number of anilines is 6. The molecule has 2 aromatic heterocycles. The minimum Gasteiger partial charge on any atom is -0.468 e. The van der Waals surface area contributed by atoms with Crippen LogP contribution in [0.4, 0.5) is 34.1 Å². The predicted molar refractivity (Wildman–Crippen MR) is 248 cm³/mol. The second kappa shape index (κ2) is 12.8. The van der Waals surface area contributed by atoms with Gasteiger partial charge in [-0.05, 0) is 99.2 Å². The van der Waals surface area contributed by atoms with E-state index in [9.17, 15) is 19.2 Å². The van der Waals surface area contributed by atoms with Crippen LogP contribution in [-0.4, -0.2) is 6.71 Å². The summed E-state index contributed by atoms with van der Waals surface area (Å²) < 4.78 is 186. The molecular weight excluding hydrogens is 711 g/mol. The second-order valence-electron chi connectivity index (χ2n) is 18.5. The van der Waals surface area contributed by atoms with Gasteiger partial charge in [0.2, 0.25) is 0 Å². The van der Waals surface area contributed by atoms with E-state index in [1.807, 2.05) is 20.8 Å². The molecule has 0 atom stereocenters. The molecule has 5 heteroatoms. The molecule has 0 radical (unpaired) electrons. The van der Waals surface area contributed by atoms with Gasteiger partial charge in [-0.15, -0.1) is 0 Å². The van der Waals surface area contributed by atoms with Crippen molar-refractivity contribution >= 4 is 79.0 Å². The lowest BCUT2D eigenvalue weighted by atomic mass is 9.38. The zero-order valence-electron chi connectivity index (χ0n) is 53.3. The fourth-order valence-electron chi connectivity index (χ4n) is 7.47. The maximum Gasteiger partial charge on any atom is 0.309 e. The summed E-state index contributed by atoms with van der Waals surface area (Å²) in [5.41, 5.74) is -5.63. The molecule has 9 rings (SSSR count). The number of hydrogen-bond donors (Lipinski definition) is 0. The van der Waals surface area contributed by atoms with Crippen LogP contribution in [0.1, 0.15) is 135 Å². The van der Waals surface area contributed by atoms with Crippen molar-refractivity contribution in [1.29, 1.82) is 0 Å². The van der Waals surface area contributed by atoms with Gasteiger partial charge in [0.15, 0.2) is 0 Å². The van der Waals surface area contributed by atoms with Crippen LogP contribution in [0.15, 0.2) is 119 Å². The standard InChI is InChI=1S/C52H55BN2OS/c1-32-29-40-44-41(30-32)55(37-27-23-35(24-28-37)52(11,12)34-17-14-13-15-18-34)45-38-19-16-20-39(50(5,6)7)46(38)56-47(45)53(44)48-42(31-43(57-48)51(8,9)10)54(40)36-25-21-33(22-26-36)49(2,3)4/h13-31H,1-12H3/i13D,14D,15D,16D,17D,18D,19D,20D,21D,22D,23D,24D,25D,26D,27D,28D,29D,30D,31D. The van der Waals surface area contributed by atoms with E-state index in [2.05, 4.69) is 0 Å². The van der Waals surface area contributed by atoms with Crippen LogP contribution in [0.2, 0.25) is 0 Å². The number of rotatable bonds is 4. The smallest absolute Gasteiger partial charge is 0.309 e. The van der Waals surface area contributed by atoms with Gasteiger partial charge in [0.1, 0.15) is 11.2 Å². The van der Waals surface area contributed by atoms with Crippen LogP contribution in [-0.2, 0) is 21.7 Å². The summed E-state index contributed by atoms with van der Waals surface area (Å²) >= 11 is 1.19. The molecule has 4 heterocycles. The average molecular weight is 786 g/mol. The van der Waals surface area contributed by atoms with Crippen molar-refractivity contribution in [2.24, 2.45) is 0 Å². The molecule has 0 fully saturated rings. The molecule has 57 heavy (non-hydrogen) atoms. The zero-order valence-corrected chi connectivity index (χ0v) is 35.1. The molecule has 3 nitrogen and oxygen atoms in total. The van der Waals surface area contributed by atoms with Crippen LogP contribution in [0.5, 0.6) is 0 Å². The largest absolute Gasteiger partial charge is 0.468 e. The highest BCUT2D eigenvalue weighted by Crippen LogP contribution is 2.50. The number of thiophene rings is 1. The first kappa shape index (κ1) is 21.7. The molecular formula is C52H55BN2OS. The lowest BCUT2D eigenvalue weighted by molar-refractivity contribution is 0.569. The fourth-order valence-corrected chi connectivity index (χ4v) is 8.72. The van der Waals surface area contributed by atoms with Gasteiger partial charge in [-0.2, -0.15) is 11.3 Å². The molecule has 0 saturated carbocycles. The van der Waals surface area contributed by atoms with Crippen LogP contribution in [0, 0.1) is 6.92 Å². The molecule has 0 aliphatic carbocycles. The first-order chi connectivity index (χ1) is 34.8. The van der Waals surface area contributed by atoms with Gasteiger partial charge in [-0.1, -0.05) is 143 Å². The summed E-state index contributed by atoms with van der Waals surface area (Å²) in [5, 5.41) is -0.0689. The number of nitrogens with zero attached hydrogens (tertiary/aromatic N) is 2. The Hall–Kier alpha value is -5.00. The summed E-state index contributed by atoms with van der Waals surface area (Å²) in [4.78, 5) is 3.14. The summed E-state index contributed by atoms with van der Waals surface area (Å²) in [6.07, 6.45) is 0. The maximum atomic E-state index is 10.1. The number of hydrogen-bond acceptors (Lipinski definition) is 4. The van der Waals surface area contributed by atoms with E-state index in [0.717, 1.165) is 0 Å². The van der Waals surface area contributed by atoms with E-state index in [4.69, 9.17) is 11.3 Å². The van der Waals surface area contributed by atoms with E-state index >= 15 is 0 Å². The first-order valence-electron chi connectivity index (χ1n) is 28.5. The predicted octanol–water partition coefficient (Wildman–Crippen LogP) is 13.1. The monoisotopic (exact) mass is 786 g/mol. The minimum atomic E-state index is -1.79. The lowest BCUT2D eigenvalue weighted by Gasteiger charge is -2.41. The summed E-state index contributed by atoms with van der Waals surface area (Å²) in [7, 11) is 0. The Bertz CT molecular complexity index is 3700. The highest BCUT2D eigenvalue weighted by molar-refractivity contribution is 7.29. The molecule has 0 amide bonds. The number of fused-ring (bicyclic) bond motifs is 6. The quantitative estimate of drug-likeness (QED) is 0.166. The highest BCUT2D eigenvalue weighted by atomic mass is 32.1. The first-order valence-corrected chi connectivity index (χ1v) is 19.8. The van der Waals surface area contributed by atoms with Crippen molar-refractivity contribution < 1.29 is 30.5 Å². The zero-order chi connectivity index (χ0) is 56.9. The Morgan fingerprint density at radius 1 is 0.579 bits per heavy atom. The van der Waals surface area contributed by atoms with Gasteiger partial charge < -0.3 is 14.2 Å². The molecule has 288 valence electrons. The molecule has 2 aliphatic heterocycles. The third kappa shape index (κ3) is 5.99. The van der Waals surface area contributed by atoms with E-state index in [0.29, 0.717) is 9.65 Å². The third-order valence-corrected chi connectivity index (χ3v) is 12.2.